The lowest BCUT2D eigenvalue weighted by atomic mass is 9.81. The van der Waals surface area contributed by atoms with Crippen LogP contribution in [0.2, 0.25) is 0 Å². The van der Waals surface area contributed by atoms with E-state index in [9.17, 15) is 4.79 Å². The lowest BCUT2D eigenvalue weighted by Crippen LogP contribution is -2.41. The highest BCUT2D eigenvalue weighted by molar-refractivity contribution is 6.61. The van der Waals surface area contributed by atoms with Crippen LogP contribution in [0.25, 0.3) is 0 Å². The molecule has 0 unspecified atom stereocenters. The molecule has 1 atom stereocenters. The Morgan fingerprint density at radius 3 is 2.44 bits per heavy atom. The van der Waals surface area contributed by atoms with Crippen LogP contribution in [0.5, 0.6) is 6.01 Å². The number of aromatic nitrogens is 2. The maximum atomic E-state index is 11.6. The molecule has 0 N–H and O–H groups in total. The van der Waals surface area contributed by atoms with Gasteiger partial charge in [-0.15, -0.1) is 0 Å². The number of carbonyl (C=O) groups is 1. The second-order valence-electron chi connectivity index (χ2n) is 7.71. The molecule has 0 bridgehead atoms. The Bertz CT molecular complexity index is 619. The summed E-state index contributed by atoms with van der Waals surface area (Å²) in [6.07, 6.45) is 5.30. The summed E-state index contributed by atoms with van der Waals surface area (Å²) in [4.78, 5) is 21.9. The Balaban J connectivity index is 1.59. The van der Waals surface area contributed by atoms with Crippen molar-refractivity contribution in [1.29, 1.82) is 0 Å². The van der Waals surface area contributed by atoms with Crippen molar-refractivity contribution in [2.45, 2.75) is 64.7 Å². The SMILES string of the molecule is CC(=O)N1CCC[C@@H]1COc1ncc(B2OC(C)(C)C(C)(C)O2)cn1. The monoisotopic (exact) mass is 347 g/mol. The van der Waals surface area contributed by atoms with Crippen molar-refractivity contribution in [3.8, 4) is 6.01 Å². The number of hydrogen-bond donors (Lipinski definition) is 0. The lowest BCUT2D eigenvalue weighted by molar-refractivity contribution is -0.130. The van der Waals surface area contributed by atoms with Crippen LogP contribution in [-0.4, -0.2) is 58.3 Å². The fourth-order valence-electron chi connectivity index (χ4n) is 3.10. The van der Waals surface area contributed by atoms with Gasteiger partial charge in [0, 0.05) is 31.3 Å². The standard InChI is InChI=1S/C17H26BN3O4/c1-12(22)21-8-6-7-14(21)11-23-15-19-9-13(10-20-15)18-24-16(2,3)17(4,5)25-18/h9-10,14H,6-8,11H2,1-5H3/t14-/m1/s1. The summed E-state index contributed by atoms with van der Waals surface area (Å²) in [6.45, 7) is 10.8. The summed E-state index contributed by atoms with van der Waals surface area (Å²) in [5, 5.41) is 0. The Kier molecular flexibility index (Phi) is 4.77. The first kappa shape index (κ1) is 18.1. The van der Waals surface area contributed by atoms with E-state index in [1.165, 1.54) is 0 Å². The summed E-state index contributed by atoms with van der Waals surface area (Å²) in [5.41, 5.74) is -0.0334. The Morgan fingerprint density at radius 1 is 1.28 bits per heavy atom. The van der Waals surface area contributed by atoms with Gasteiger partial charge in [-0.25, -0.2) is 9.97 Å². The zero-order valence-electron chi connectivity index (χ0n) is 15.6. The second-order valence-corrected chi connectivity index (χ2v) is 7.71. The van der Waals surface area contributed by atoms with Gasteiger partial charge in [-0.05, 0) is 40.5 Å². The molecule has 0 aromatic carbocycles. The topological polar surface area (TPSA) is 73.8 Å². The smallest absolute Gasteiger partial charge is 0.461 e. The van der Waals surface area contributed by atoms with E-state index >= 15 is 0 Å². The molecule has 2 aliphatic rings. The molecule has 136 valence electrons. The first-order valence-electron chi connectivity index (χ1n) is 8.77. The van der Waals surface area contributed by atoms with Crippen molar-refractivity contribution in [3.63, 3.8) is 0 Å². The number of ether oxygens (including phenoxy) is 1. The fourth-order valence-corrected chi connectivity index (χ4v) is 3.10. The molecule has 3 rings (SSSR count). The average Bonchev–Trinajstić information content (AvgIpc) is 3.08. The van der Waals surface area contributed by atoms with Gasteiger partial charge in [0.05, 0.1) is 17.2 Å². The van der Waals surface area contributed by atoms with Crippen LogP contribution in [0.4, 0.5) is 0 Å². The highest BCUT2D eigenvalue weighted by Gasteiger charge is 2.52. The molecule has 2 fully saturated rings. The van der Waals surface area contributed by atoms with Crippen LogP contribution in [-0.2, 0) is 14.1 Å². The summed E-state index contributed by atoms with van der Waals surface area (Å²) >= 11 is 0. The van der Waals surface area contributed by atoms with E-state index in [1.807, 2.05) is 32.6 Å². The minimum Gasteiger partial charge on any atom is -0.461 e. The summed E-state index contributed by atoms with van der Waals surface area (Å²) in [5.74, 6) is 0.0862. The molecule has 1 amide bonds. The Labute approximate surface area is 149 Å². The zero-order chi connectivity index (χ0) is 18.2. The van der Waals surface area contributed by atoms with Crippen LogP contribution in [0.15, 0.2) is 12.4 Å². The summed E-state index contributed by atoms with van der Waals surface area (Å²) in [6, 6.07) is 0.402. The fraction of sp³-hybridized carbons (Fsp3) is 0.706. The molecule has 1 aromatic heterocycles. The van der Waals surface area contributed by atoms with E-state index in [4.69, 9.17) is 14.0 Å². The predicted molar refractivity (Wildman–Crippen MR) is 93.7 cm³/mol. The molecule has 1 aromatic rings. The van der Waals surface area contributed by atoms with Crippen LogP contribution in [0, 0.1) is 0 Å². The number of hydrogen-bond acceptors (Lipinski definition) is 6. The third-order valence-corrected chi connectivity index (χ3v) is 5.36. The molecular weight excluding hydrogens is 321 g/mol. The number of carbonyl (C=O) groups excluding carboxylic acids is 1. The van der Waals surface area contributed by atoms with E-state index in [-0.39, 0.29) is 11.9 Å². The molecule has 2 saturated heterocycles. The predicted octanol–water partition coefficient (Wildman–Crippen LogP) is 1.17. The second kappa shape index (κ2) is 6.57. The van der Waals surface area contributed by atoms with E-state index in [1.54, 1.807) is 19.3 Å². The minimum atomic E-state index is -0.484. The van der Waals surface area contributed by atoms with Crippen molar-refractivity contribution in [1.82, 2.24) is 14.9 Å². The molecule has 2 aliphatic heterocycles. The van der Waals surface area contributed by atoms with Gasteiger partial charge in [-0.3, -0.25) is 4.79 Å². The molecule has 0 saturated carbocycles. The van der Waals surface area contributed by atoms with Crippen LogP contribution >= 0.6 is 0 Å². The number of amides is 1. The zero-order valence-corrected chi connectivity index (χ0v) is 15.6. The minimum absolute atomic E-state index is 0.0862. The van der Waals surface area contributed by atoms with Crippen LogP contribution in [0.3, 0.4) is 0 Å². The molecular formula is C17H26BN3O4. The van der Waals surface area contributed by atoms with Crippen molar-refractivity contribution in [2.24, 2.45) is 0 Å². The van der Waals surface area contributed by atoms with Gasteiger partial charge in [-0.2, -0.15) is 0 Å². The van der Waals surface area contributed by atoms with Gasteiger partial charge in [0.2, 0.25) is 5.91 Å². The van der Waals surface area contributed by atoms with Gasteiger partial charge in [-0.1, -0.05) is 0 Å². The average molecular weight is 347 g/mol. The van der Waals surface area contributed by atoms with E-state index < -0.39 is 18.3 Å². The lowest BCUT2D eigenvalue weighted by Gasteiger charge is -2.32. The van der Waals surface area contributed by atoms with Crippen molar-refractivity contribution >= 4 is 18.5 Å². The first-order chi connectivity index (χ1) is 11.7. The third-order valence-electron chi connectivity index (χ3n) is 5.36. The molecule has 0 aliphatic carbocycles. The van der Waals surface area contributed by atoms with E-state index in [0.717, 1.165) is 24.8 Å². The first-order valence-corrected chi connectivity index (χ1v) is 8.77. The van der Waals surface area contributed by atoms with Gasteiger partial charge in [0.1, 0.15) is 6.61 Å². The van der Waals surface area contributed by atoms with Gasteiger partial charge in [0.25, 0.3) is 0 Å². The van der Waals surface area contributed by atoms with E-state index in [2.05, 4.69) is 9.97 Å². The van der Waals surface area contributed by atoms with E-state index in [0.29, 0.717) is 12.6 Å². The molecule has 0 radical (unpaired) electrons. The highest BCUT2D eigenvalue weighted by Crippen LogP contribution is 2.36. The highest BCUT2D eigenvalue weighted by atomic mass is 16.7. The van der Waals surface area contributed by atoms with Crippen molar-refractivity contribution in [3.05, 3.63) is 12.4 Å². The number of rotatable bonds is 4. The van der Waals surface area contributed by atoms with Gasteiger partial charge >= 0.3 is 13.1 Å². The quantitative estimate of drug-likeness (QED) is 0.761. The third kappa shape index (κ3) is 3.65. The van der Waals surface area contributed by atoms with Crippen LogP contribution in [0.1, 0.15) is 47.5 Å². The molecule has 3 heterocycles. The maximum absolute atomic E-state index is 11.6. The van der Waals surface area contributed by atoms with Gasteiger partial charge < -0.3 is 18.9 Å². The maximum Gasteiger partial charge on any atom is 0.498 e. The Morgan fingerprint density at radius 2 is 1.88 bits per heavy atom. The normalized spacial score (nSPS) is 24.6. The molecule has 0 spiro atoms. The largest absolute Gasteiger partial charge is 0.498 e. The number of nitrogens with zero attached hydrogens (tertiary/aromatic N) is 3. The summed E-state index contributed by atoms with van der Waals surface area (Å²) < 4.78 is 17.6. The Hall–Kier alpha value is -1.67. The van der Waals surface area contributed by atoms with Crippen molar-refractivity contribution in [2.75, 3.05) is 13.2 Å². The number of likely N-dealkylation sites (tertiary alicyclic amines) is 1. The molecule has 8 heteroatoms. The van der Waals surface area contributed by atoms with Gasteiger partial charge in [0.15, 0.2) is 0 Å². The van der Waals surface area contributed by atoms with Crippen LogP contribution < -0.4 is 10.2 Å². The summed E-state index contributed by atoms with van der Waals surface area (Å²) in [7, 11) is -0.484. The van der Waals surface area contributed by atoms with Crippen molar-refractivity contribution < 1.29 is 18.8 Å². The molecule has 25 heavy (non-hydrogen) atoms. The molecule has 7 nitrogen and oxygen atoms in total.